The number of carbonyl (C=O) groups excluding carboxylic acids is 1. The number of para-hydroxylation sites is 2. The summed E-state index contributed by atoms with van der Waals surface area (Å²) in [6.45, 7) is 0. The lowest BCUT2D eigenvalue weighted by Crippen LogP contribution is -2.35. The standard InChI is InChI=1S/C18H14BrN3OS/c19-16-12-11-15(24-16)17(23)22-18(20-13-7-3-1-4-8-13)21-14-9-5-2-6-10-14/h1-12H,(H2,20,21,22,23). The summed E-state index contributed by atoms with van der Waals surface area (Å²) >= 11 is 4.74. The van der Waals surface area contributed by atoms with Gasteiger partial charge in [-0.15, -0.1) is 11.3 Å². The summed E-state index contributed by atoms with van der Waals surface area (Å²) in [6, 6.07) is 22.7. The fraction of sp³-hybridized carbons (Fsp3) is 0. The van der Waals surface area contributed by atoms with Gasteiger partial charge in [-0.2, -0.15) is 0 Å². The van der Waals surface area contributed by atoms with E-state index in [0.29, 0.717) is 10.8 Å². The van der Waals surface area contributed by atoms with Crippen molar-refractivity contribution in [1.29, 1.82) is 0 Å². The summed E-state index contributed by atoms with van der Waals surface area (Å²) in [7, 11) is 0. The van der Waals surface area contributed by atoms with Crippen LogP contribution in [0.25, 0.3) is 0 Å². The second-order valence-electron chi connectivity index (χ2n) is 4.84. The maximum Gasteiger partial charge on any atom is 0.268 e. The fourth-order valence-corrected chi connectivity index (χ4v) is 3.26. The third kappa shape index (κ3) is 4.53. The third-order valence-corrected chi connectivity index (χ3v) is 4.68. The molecular weight excluding hydrogens is 386 g/mol. The van der Waals surface area contributed by atoms with Gasteiger partial charge in [0.1, 0.15) is 0 Å². The first-order valence-electron chi connectivity index (χ1n) is 7.23. The molecule has 6 heteroatoms. The number of rotatable bonds is 3. The van der Waals surface area contributed by atoms with Gasteiger partial charge in [0.05, 0.1) is 14.4 Å². The molecule has 0 unspecified atom stereocenters. The van der Waals surface area contributed by atoms with Crippen LogP contribution >= 0.6 is 27.3 Å². The number of benzene rings is 2. The Morgan fingerprint density at radius 2 is 1.58 bits per heavy atom. The molecule has 0 aliphatic rings. The number of carbonyl (C=O) groups is 1. The van der Waals surface area contributed by atoms with Gasteiger partial charge in [0.25, 0.3) is 5.91 Å². The van der Waals surface area contributed by atoms with Crippen molar-refractivity contribution in [3.8, 4) is 0 Å². The molecule has 0 bridgehead atoms. The zero-order valence-corrected chi connectivity index (χ0v) is 15.0. The molecule has 1 aromatic heterocycles. The highest BCUT2D eigenvalue weighted by atomic mass is 79.9. The number of hydrogen-bond acceptors (Lipinski definition) is 3. The van der Waals surface area contributed by atoms with Crippen molar-refractivity contribution in [2.75, 3.05) is 5.32 Å². The lowest BCUT2D eigenvalue weighted by Gasteiger charge is -2.11. The van der Waals surface area contributed by atoms with Crippen LogP contribution in [-0.4, -0.2) is 11.9 Å². The number of amides is 1. The zero-order valence-electron chi connectivity index (χ0n) is 12.6. The molecule has 1 amide bonds. The Balaban J connectivity index is 1.84. The smallest absolute Gasteiger partial charge is 0.268 e. The van der Waals surface area contributed by atoms with Gasteiger partial charge >= 0.3 is 0 Å². The molecule has 2 N–H and O–H groups in total. The second-order valence-corrected chi connectivity index (χ2v) is 7.31. The molecular formula is C18H14BrN3OS. The summed E-state index contributed by atoms with van der Waals surface area (Å²) in [5, 5.41) is 5.98. The van der Waals surface area contributed by atoms with Crippen molar-refractivity contribution in [2.45, 2.75) is 0 Å². The van der Waals surface area contributed by atoms with Crippen LogP contribution in [0.2, 0.25) is 0 Å². The van der Waals surface area contributed by atoms with E-state index in [-0.39, 0.29) is 5.91 Å². The summed E-state index contributed by atoms with van der Waals surface area (Å²) < 4.78 is 0.908. The van der Waals surface area contributed by atoms with Crippen molar-refractivity contribution >= 4 is 50.5 Å². The summed E-state index contributed by atoms with van der Waals surface area (Å²) in [4.78, 5) is 17.5. The molecule has 24 heavy (non-hydrogen) atoms. The molecule has 0 fully saturated rings. The van der Waals surface area contributed by atoms with E-state index in [1.54, 1.807) is 6.07 Å². The Labute approximate surface area is 152 Å². The highest BCUT2D eigenvalue weighted by Gasteiger charge is 2.11. The number of halogens is 1. The highest BCUT2D eigenvalue weighted by molar-refractivity contribution is 9.11. The van der Waals surface area contributed by atoms with Gasteiger partial charge in [-0.3, -0.25) is 10.1 Å². The number of aliphatic imine (C=N–C) groups is 1. The molecule has 2 aromatic carbocycles. The zero-order chi connectivity index (χ0) is 16.8. The van der Waals surface area contributed by atoms with Crippen LogP contribution < -0.4 is 10.6 Å². The van der Waals surface area contributed by atoms with E-state index in [1.807, 2.05) is 66.7 Å². The largest absolute Gasteiger partial charge is 0.326 e. The maximum atomic E-state index is 12.4. The van der Waals surface area contributed by atoms with Crippen LogP contribution in [0.3, 0.4) is 0 Å². The maximum absolute atomic E-state index is 12.4. The molecule has 120 valence electrons. The number of thiophene rings is 1. The molecule has 3 rings (SSSR count). The first kappa shape index (κ1) is 16.4. The molecule has 0 saturated heterocycles. The first-order chi connectivity index (χ1) is 11.7. The van der Waals surface area contributed by atoms with Crippen LogP contribution in [0.15, 0.2) is 81.6 Å². The van der Waals surface area contributed by atoms with E-state index < -0.39 is 0 Å². The average molecular weight is 400 g/mol. The monoisotopic (exact) mass is 399 g/mol. The van der Waals surface area contributed by atoms with E-state index in [0.717, 1.165) is 15.2 Å². The van der Waals surface area contributed by atoms with E-state index in [9.17, 15) is 4.79 Å². The van der Waals surface area contributed by atoms with E-state index in [1.165, 1.54) is 11.3 Å². The van der Waals surface area contributed by atoms with Gasteiger partial charge in [0.2, 0.25) is 5.96 Å². The molecule has 0 spiro atoms. The number of guanidine groups is 1. The van der Waals surface area contributed by atoms with Gasteiger partial charge < -0.3 is 5.32 Å². The normalized spacial score (nSPS) is 11.1. The van der Waals surface area contributed by atoms with Crippen molar-refractivity contribution in [3.63, 3.8) is 0 Å². The SMILES string of the molecule is O=C(NC(=Nc1ccccc1)Nc1ccccc1)c1ccc(Br)s1. The molecule has 0 atom stereocenters. The molecule has 0 saturated carbocycles. The van der Waals surface area contributed by atoms with E-state index >= 15 is 0 Å². The van der Waals surface area contributed by atoms with Crippen molar-refractivity contribution in [1.82, 2.24) is 5.32 Å². The molecule has 1 heterocycles. The van der Waals surface area contributed by atoms with Gasteiger partial charge in [-0.1, -0.05) is 36.4 Å². The lowest BCUT2D eigenvalue weighted by atomic mass is 10.3. The minimum atomic E-state index is -0.205. The lowest BCUT2D eigenvalue weighted by molar-refractivity contribution is 0.0981. The Kier molecular flexibility index (Phi) is 5.40. The summed E-state index contributed by atoms with van der Waals surface area (Å²) in [5.74, 6) is 0.172. The van der Waals surface area contributed by atoms with E-state index in [2.05, 4.69) is 31.6 Å². The number of nitrogens with zero attached hydrogens (tertiary/aromatic N) is 1. The van der Waals surface area contributed by atoms with Crippen LogP contribution in [0.5, 0.6) is 0 Å². The van der Waals surface area contributed by atoms with Crippen molar-refractivity contribution < 1.29 is 4.79 Å². The predicted molar refractivity (Wildman–Crippen MR) is 103 cm³/mol. The van der Waals surface area contributed by atoms with Crippen LogP contribution in [0.4, 0.5) is 11.4 Å². The molecule has 4 nitrogen and oxygen atoms in total. The van der Waals surface area contributed by atoms with Crippen LogP contribution in [-0.2, 0) is 0 Å². The van der Waals surface area contributed by atoms with Gasteiger partial charge in [0, 0.05) is 5.69 Å². The van der Waals surface area contributed by atoms with Crippen molar-refractivity contribution in [3.05, 3.63) is 81.5 Å². The Hall–Kier alpha value is -2.44. The first-order valence-corrected chi connectivity index (χ1v) is 8.84. The fourth-order valence-electron chi connectivity index (χ4n) is 1.98. The molecule has 3 aromatic rings. The minimum absolute atomic E-state index is 0.205. The summed E-state index contributed by atoms with van der Waals surface area (Å²) in [5.41, 5.74) is 1.60. The highest BCUT2D eigenvalue weighted by Crippen LogP contribution is 2.22. The average Bonchev–Trinajstić information content (AvgIpc) is 3.03. The molecule has 0 aliphatic heterocycles. The minimum Gasteiger partial charge on any atom is -0.326 e. The number of hydrogen-bond donors (Lipinski definition) is 2. The van der Waals surface area contributed by atoms with Gasteiger partial charge in [-0.05, 0) is 52.3 Å². The predicted octanol–water partition coefficient (Wildman–Crippen LogP) is 5.04. The van der Waals surface area contributed by atoms with Crippen LogP contribution in [0, 0.1) is 0 Å². The van der Waals surface area contributed by atoms with Gasteiger partial charge in [-0.25, -0.2) is 4.99 Å². The molecule has 0 aliphatic carbocycles. The summed E-state index contributed by atoms with van der Waals surface area (Å²) in [6.07, 6.45) is 0. The van der Waals surface area contributed by atoms with E-state index in [4.69, 9.17) is 0 Å². The van der Waals surface area contributed by atoms with Gasteiger partial charge in [0.15, 0.2) is 0 Å². The Morgan fingerprint density at radius 3 is 2.21 bits per heavy atom. The quantitative estimate of drug-likeness (QED) is 0.478. The number of nitrogens with one attached hydrogen (secondary N) is 2. The third-order valence-electron chi connectivity index (χ3n) is 3.06. The topological polar surface area (TPSA) is 53.5 Å². The van der Waals surface area contributed by atoms with Crippen LogP contribution in [0.1, 0.15) is 9.67 Å². The molecule has 0 radical (unpaired) electrons. The Bertz CT molecular complexity index is 847. The van der Waals surface area contributed by atoms with Crippen molar-refractivity contribution in [2.24, 2.45) is 4.99 Å². The second kappa shape index (κ2) is 7.90. The number of anilines is 1. The Morgan fingerprint density at radius 1 is 0.917 bits per heavy atom.